The largest absolute Gasteiger partial charge is 0.507 e. The van der Waals surface area contributed by atoms with Gasteiger partial charge in [0.15, 0.2) is 4.34 Å². The van der Waals surface area contributed by atoms with E-state index < -0.39 is 22.7 Å². The van der Waals surface area contributed by atoms with Gasteiger partial charge in [0.2, 0.25) is 5.13 Å². The number of aromatic nitrogens is 2. The highest BCUT2D eigenvalue weighted by molar-refractivity contribution is 8.00. The van der Waals surface area contributed by atoms with Crippen LogP contribution < -0.4 is 4.90 Å². The number of aliphatic hydroxyl groups excluding tert-OH is 1. The number of hydrogen-bond donors (Lipinski definition) is 1. The molecule has 12 heteroatoms. The second-order valence-corrected chi connectivity index (χ2v) is 11.3. The Bertz CT molecular complexity index is 1600. The van der Waals surface area contributed by atoms with E-state index in [4.69, 9.17) is 11.6 Å². The van der Waals surface area contributed by atoms with E-state index in [9.17, 15) is 24.8 Å². The quantitative estimate of drug-likeness (QED) is 0.0513. The van der Waals surface area contributed by atoms with Crippen molar-refractivity contribution in [2.45, 2.75) is 23.1 Å². The molecule has 0 radical (unpaired) electrons. The first-order valence-corrected chi connectivity index (χ1v) is 13.7. The molecule has 3 aromatic carbocycles. The van der Waals surface area contributed by atoms with Gasteiger partial charge in [0, 0.05) is 28.5 Å². The number of rotatable bonds is 7. The Labute approximate surface area is 235 Å². The van der Waals surface area contributed by atoms with Crippen LogP contribution in [0, 0.1) is 17.0 Å². The van der Waals surface area contributed by atoms with Crippen LogP contribution in [0.2, 0.25) is 5.02 Å². The van der Waals surface area contributed by atoms with Crippen LogP contribution in [0.1, 0.15) is 28.3 Å². The minimum Gasteiger partial charge on any atom is -0.507 e. The number of Topliss-reactive ketones (excluding diaryl/α,β-unsaturated/α-hetero) is 1. The zero-order valence-corrected chi connectivity index (χ0v) is 22.7. The highest BCUT2D eigenvalue weighted by Gasteiger charge is 2.48. The molecule has 0 spiro atoms. The third-order valence-corrected chi connectivity index (χ3v) is 8.45. The number of nitro benzene ring substituents is 1. The van der Waals surface area contributed by atoms with Crippen LogP contribution in [0.5, 0.6) is 0 Å². The molecular formula is C27H19ClN4O5S2. The molecule has 1 aliphatic rings. The number of thioether (sulfide) groups is 1. The molecule has 0 bridgehead atoms. The van der Waals surface area contributed by atoms with Gasteiger partial charge in [-0.05, 0) is 42.3 Å². The fourth-order valence-electron chi connectivity index (χ4n) is 4.07. The van der Waals surface area contributed by atoms with Crippen molar-refractivity contribution in [3.63, 3.8) is 0 Å². The standard InChI is InChI=1S/C27H19ClN4O5S2/c1-15-2-6-18(7-3-15)23(33)21-22(17-8-12-20(13-9-17)32(36)37)31(25(35)24(21)34)26-29-30-27(39-26)38-14-16-4-10-19(28)11-5-16/h2-13,22,33H,14H2,1H3/b23-21-. The lowest BCUT2D eigenvalue weighted by molar-refractivity contribution is -0.384. The molecule has 0 aliphatic carbocycles. The van der Waals surface area contributed by atoms with Gasteiger partial charge in [-0.2, -0.15) is 0 Å². The van der Waals surface area contributed by atoms with Crippen LogP contribution in [-0.4, -0.2) is 31.9 Å². The number of nitrogens with zero attached hydrogens (tertiary/aromatic N) is 4. The summed E-state index contributed by atoms with van der Waals surface area (Å²) in [5.41, 5.74) is 2.46. The third kappa shape index (κ3) is 5.42. The maximum absolute atomic E-state index is 13.3. The van der Waals surface area contributed by atoms with Gasteiger partial charge in [-0.25, -0.2) is 0 Å². The summed E-state index contributed by atoms with van der Waals surface area (Å²) in [6.07, 6.45) is 0. The average molecular weight is 579 g/mol. The summed E-state index contributed by atoms with van der Waals surface area (Å²) in [5, 5.41) is 31.6. The normalized spacial score (nSPS) is 16.6. The number of amides is 1. The van der Waals surface area contributed by atoms with Gasteiger partial charge >= 0.3 is 5.91 Å². The minimum absolute atomic E-state index is 0.136. The van der Waals surface area contributed by atoms with E-state index in [-0.39, 0.29) is 22.2 Å². The van der Waals surface area contributed by atoms with Crippen LogP contribution in [0.3, 0.4) is 0 Å². The maximum Gasteiger partial charge on any atom is 0.301 e. The Kier molecular flexibility index (Phi) is 7.47. The summed E-state index contributed by atoms with van der Waals surface area (Å²) in [6.45, 7) is 1.89. The fraction of sp³-hybridized carbons (Fsp3) is 0.111. The number of carbonyl (C=O) groups is 2. The van der Waals surface area contributed by atoms with Gasteiger partial charge in [0.05, 0.1) is 16.5 Å². The number of non-ortho nitro benzene ring substituents is 1. The zero-order chi connectivity index (χ0) is 27.7. The van der Waals surface area contributed by atoms with Crippen molar-refractivity contribution in [2.24, 2.45) is 0 Å². The molecule has 1 amide bonds. The van der Waals surface area contributed by atoms with Crippen LogP contribution in [0.4, 0.5) is 10.8 Å². The van der Waals surface area contributed by atoms with Crippen molar-refractivity contribution >= 4 is 63.0 Å². The molecule has 1 fully saturated rings. The number of aryl methyl sites for hydroxylation is 1. The number of aliphatic hydroxyl groups is 1. The summed E-state index contributed by atoms with van der Waals surface area (Å²) >= 11 is 8.49. The van der Waals surface area contributed by atoms with E-state index >= 15 is 0 Å². The minimum atomic E-state index is -1.06. The van der Waals surface area contributed by atoms with Crippen LogP contribution in [-0.2, 0) is 15.3 Å². The molecule has 0 saturated carbocycles. The van der Waals surface area contributed by atoms with Crippen molar-refractivity contribution < 1.29 is 19.6 Å². The topological polar surface area (TPSA) is 127 Å². The van der Waals surface area contributed by atoms with Gasteiger partial charge in [-0.3, -0.25) is 24.6 Å². The Morgan fingerprint density at radius 3 is 2.36 bits per heavy atom. The van der Waals surface area contributed by atoms with E-state index in [2.05, 4.69) is 10.2 Å². The lowest BCUT2D eigenvalue weighted by Crippen LogP contribution is -2.29. The third-order valence-electron chi connectivity index (χ3n) is 6.07. The molecule has 4 aromatic rings. The number of carbonyl (C=O) groups excluding carboxylic acids is 2. The van der Waals surface area contributed by atoms with Crippen molar-refractivity contribution in [1.29, 1.82) is 0 Å². The molecule has 196 valence electrons. The van der Waals surface area contributed by atoms with Gasteiger partial charge in [0.25, 0.3) is 11.5 Å². The first-order chi connectivity index (χ1) is 18.7. The summed E-state index contributed by atoms with van der Waals surface area (Å²) in [5.74, 6) is -1.52. The van der Waals surface area contributed by atoms with Gasteiger partial charge < -0.3 is 5.11 Å². The molecule has 39 heavy (non-hydrogen) atoms. The molecule has 1 atom stereocenters. The predicted molar refractivity (Wildman–Crippen MR) is 150 cm³/mol. The number of anilines is 1. The number of halogens is 1. The molecule has 9 nitrogen and oxygen atoms in total. The van der Waals surface area contributed by atoms with E-state index in [1.165, 1.54) is 40.9 Å². The van der Waals surface area contributed by atoms with E-state index in [1.807, 2.05) is 19.1 Å². The Balaban J connectivity index is 1.54. The monoisotopic (exact) mass is 578 g/mol. The van der Waals surface area contributed by atoms with Crippen LogP contribution >= 0.6 is 34.7 Å². The second kappa shape index (κ2) is 11.0. The summed E-state index contributed by atoms with van der Waals surface area (Å²) in [4.78, 5) is 38.5. The maximum atomic E-state index is 13.3. The Hall–Kier alpha value is -4.06. The zero-order valence-electron chi connectivity index (χ0n) is 20.3. The molecule has 1 unspecified atom stereocenters. The smallest absolute Gasteiger partial charge is 0.301 e. The summed E-state index contributed by atoms with van der Waals surface area (Å²) < 4.78 is 0.572. The molecule has 1 aliphatic heterocycles. The molecular weight excluding hydrogens is 560 g/mol. The lowest BCUT2D eigenvalue weighted by atomic mass is 9.95. The lowest BCUT2D eigenvalue weighted by Gasteiger charge is -2.22. The predicted octanol–water partition coefficient (Wildman–Crippen LogP) is 6.33. The summed E-state index contributed by atoms with van der Waals surface area (Å²) in [7, 11) is 0. The van der Waals surface area contributed by atoms with Gasteiger partial charge in [-0.15, -0.1) is 10.2 Å². The van der Waals surface area contributed by atoms with E-state index in [0.717, 1.165) is 22.5 Å². The van der Waals surface area contributed by atoms with Crippen molar-refractivity contribution in [2.75, 3.05) is 4.90 Å². The van der Waals surface area contributed by atoms with Gasteiger partial charge in [0.1, 0.15) is 5.76 Å². The summed E-state index contributed by atoms with van der Waals surface area (Å²) in [6, 6.07) is 18.7. The van der Waals surface area contributed by atoms with Crippen molar-refractivity contribution in [3.05, 3.63) is 116 Å². The molecule has 1 N–H and O–H groups in total. The first kappa shape index (κ1) is 26.5. The van der Waals surface area contributed by atoms with E-state index in [1.54, 1.807) is 36.4 Å². The highest BCUT2D eigenvalue weighted by Crippen LogP contribution is 2.44. The molecule has 2 heterocycles. The van der Waals surface area contributed by atoms with Crippen LogP contribution in [0.25, 0.3) is 5.76 Å². The van der Waals surface area contributed by atoms with Crippen molar-refractivity contribution in [3.8, 4) is 0 Å². The van der Waals surface area contributed by atoms with E-state index in [0.29, 0.717) is 26.2 Å². The number of hydrogen-bond acceptors (Lipinski definition) is 9. The SMILES string of the molecule is Cc1ccc(/C(O)=C2/C(=O)C(=O)N(c3nnc(SCc4ccc(Cl)cc4)s3)C2c2ccc([N+](=O)[O-])cc2)cc1. The number of nitro groups is 1. The Morgan fingerprint density at radius 1 is 1.05 bits per heavy atom. The van der Waals surface area contributed by atoms with Crippen molar-refractivity contribution in [1.82, 2.24) is 10.2 Å². The number of benzene rings is 3. The molecule has 1 aromatic heterocycles. The molecule has 1 saturated heterocycles. The second-order valence-electron chi connectivity index (χ2n) is 8.65. The van der Waals surface area contributed by atoms with Crippen LogP contribution in [0.15, 0.2) is 82.7 Å². The number of ketones is 1. The van der Waals surface area contributed by atoms with Gasteiger partial charge in [-0.1, -0.05) is 76.7 Å². The average Bonchev–Trinajstić information content (AvgIpc) is 3.50. The highest BCUT2D eigenvalue weighted by atomic mass is 35.5. The fourth-order valence-corrected chi connectivity index (χ4v) is 6.02. The Morgan fingerprint density at radius 2 is 1.72 bits per heavy atom. The molecule has 5 rings (SSSR count). The first-order valence-electron chi connectivity index (χ1n) is 11.6.